The average Bonchev–Trinajstić information content (AvgIpc) is 2.20. The standard InChI is InChI=1S/C25H30O2S3.2C24H32OS3.Ni/c1-6-17(4)19-11-12-21(27-14-13-16(2)3)20(15-19)23-24(30-25(26)29-23)28-22-10-8-7-9-18(22)5;2*1-6-17(4)19-11-12-21(25-14-13-16(2)3)20(15-19)23(26)24(27)28-22-10-8-7-9-18(22)5;/h7-12,15-17H,6,13-14H2,1-5H3;2*7-12,15-17,26-27H,6,13-14H2,1-5H3;/p-4. The molecule has 7 aromatic rings. The van der Waals surface area contributed by atoms with Gasteiger partial charge in [0, 0.05) is 36.7 Å². The summed E-state index contributed by atoms with van der Waals surface area (Å²) in [6.07, 6.45) is 6.29. The third-order valence-corrected chi connectivity index (χ3v) is 23.0. The van der Waals surface area contributed by atoms with Crippen molar-refractivity contribution in [2.24, 2.45) is 17.8 Å². The van der Waals surface area contributed by atoms with Crippen LogP contribution in [0.3, 0.4) is 0 Å². The van der Waals surface area contributed by atoms with Crippen molar-refractivity contribution in [3.05, 3.63) is 189 Å². The van der Waals surface area contributed by atoms with E-state index in [1.807, 2.05) is 36.4 Å². The number of ether oxygens (including phenoxy) is 3. The molecule has 0 aliphatic heterocycles. The molecule has 3 atom stereocenters. The first-order valence-electron chi connectivity index (χ1n) is 30.4. The van der Waals surface area contributed by atoms with Gasteiger partial charge in [0.05, 0.1) is 28.9 Å². The van der Waals surface area contributed by atoms with Gasteiger partial charge in [-0.15, -0.1) is 23.5 Å². The average molecular weight is 1380 g/mol. The van der Waals surface area contributed by atoms with Crippen LogP contribution in [0.5, 0.6) is 17.2 Å². The van der Waals surface area contributed by atoms with Crippen molar-refractivity contribution in [3.63, 3.8) is 0 Å². The third kappa shape index (κ3) is 24.2. The molecule has 1 aromatic heterocycles. The fraction of sp³-hybridized carbons (Fsp3) is 0.411. The van der Waals surface area contributed by atoms with Gasteiger partial charge in [0.25, 0.3) is 4.06 Å². The molecule has 4 nitrogen and oxygen atoms in total. The minimum Gasteiger partial charge on any atom is -0.780 e. The molecule has 3 unspecified atom stereocenters. The molecule has 0 aliphatic carbocycles. The van der Waals surface area contributed by atoms with Crippen LogP contribution in [-0.4, -0.2) is 19.8 Å². The van der Waals surface area contributed by atoms with Crippen molar-refractivity contribution in [1.29, 1.82) is 0 Å². The maximum absolute atomic E-state index is 12.4. The Morgan fingerprint density at radius 2 is 0.805 bits per heavy atom. The molecule has 7 rings (SSSR count). The first kappa shape index (κ1) is 75.9. The molecule has 474 valence electrons. The zero-order valence-electron chi connectivity index (χ0n) is 53.6. The van der Waals surface area contributed by atoms with E-state index in [1.165, 1.54) is 60.9 Å². The molecule has 0 amide bonds. The SMILES string of the molecule is CCC(C)c1ccc(OCCC(C)C)c(-c2sc(=O)sc2Sc2ccccc2C)c1.CCC(C)c1ccc(OCCC(C)C)c(C([S-])=C([S-])Sc2ccccc2C)c1.CCC(C)c1ccc(OCCC(C)C)c(C([S-])=C([S-])Sc2ccccc2C)c1.[Ni]. The summed E-state index contributed by atoms with van der Waals surface area (Å²) >= 11 is 30.6. The molecule has 0 bridgehead atoms. The van der Waals surface area contributed by atoms with Gasteiger partial charge in [0.2, 0.25) is 0 Å². The number of thioether (sulfide) groups is 2. The Labute approximate surface area is 577 Å². The van der Waals surface area contributed by atoms with Gasteiger partial charge >= 0.3 is 0 Å². The summed E-state index contributed by atoms with van der Waals surface area (Å²) in [5.41, 5.74) is 10.4. The van der Waals surface area contributed by atoms with Gasteiger partial charge in [0.15, 0.2) is 0 Å². The van der Waals surface area contributed by atoms with Crippen molar-refractivity contribution in [2.75, 3.05) is 19.8 Å². The molecular formula is C73H90NiO4S9-4. The van der Waals surface area contributed by atoms with E-state index in [-0.39, 0.29) is 20.5 Å². The summed E-state index contributed by atoms with van der Waals surface area (Å²) in [6, 6.07) is 44.1. The van der Waals surface area contributed by atoms with Gasteiger partial charge in [0.1, 0.15) is 17.2 Å². The normalized spacial score (nSPS) is 12.9. The minimum absolute atomic E-state index is 0. The summed E-state index contributed by atoms with van der Waals surface area (Å²) in [4.78, 5) is 18.4. The molecule has 6 aromatic carbocycles. The van der Waals surface area contributed by atoms with Crippen LogP contribution in [0.2, 0.25) is 0 Å². The predicted molar refractivity (Wildman–Crippen MR) is 390 cm³/mol. The van der Waals surface area contributed by atoms with Gasteiger partial charge in [-0.1, -0.05) is 190 Å². The molecule has 0 saturated carbocycles. The fourth-order valence-corrected chi connectivity index (χ4v) is 15.0. The maximum Gasteiger partial charge on any atom is 0.289 e. The van der Waals surface area contributed by atoms with E-state index in [4.69, 9.17) is 64.7 Å². The Morgan fingerprint density at radius 1 is 0.460 bits per heavy atom. The van der Waals surface area contributed by atoms with Crippen LogP contribution in [0.25, 0.3) is 20.3 Å². The molecule has 0 fully saturated rings. The Bertz CT molecular complexity index is 3220. The van der Waals surface area contributed by atoms with Crippen LogP contribution in [-0.2, 0) is 67.0 Å². The molecular weight excluding hydrogens is 1290 g/mol. The molecule has 0 N–H and O–H groups in total. The number of benzene rings is 6. The van der Waals surface area contributed by atoms with Gasteiger partial charge in [-0.05, 0) is 194 Å². The van der Waals surface area contributed by atoms with E-state index >= 15 is 0 Å². The molecule has 1 heterocycles. The summed E-state index contributed by atoms with van der Waals surface area (Å²) in [6.45, 7) is 34.9. The van der Waals surface area contributed by atoms with Crippen LogP contribution in [0.4, 0.5) is 0 Å². The van der Waals surface area contributed by atoms with Crippen molar-refractivity contribution in [3.8, 4) is 27.7 Å². The van der Waals surface area contributed by atoms with E-state index in [0.29, 0.717) is 65.1 Å². The van der Waals surface area contributed by atoms with Crippen LogP contribution in [0, 0.1) is 38.5 Å². The van der Waals surface area contributed by atoms with Gasteiger partial charge in [-0.25, -0.2) is 0 Å². The second kappa shape index (κ2) is 39.0. The monoisotopic (exact) mass is 1380 g/mol. The van der Waals surface area contributed by atoms with Crippen LogP contribution >= 0.6 is 58.0 Å². The number of aryl methyl sites for hydroxylation is 3. The van der Waals surface area contributed by atoms with Crippen LogP contribution < -0.4 is 18.3 Å². The predicted octanol–water partition coefficient (Wildman–Crippen LogP) is 23.1. The number of rotatable bonds is 27. The Hall–Kier alpha value is -3.53. The maximum atomic E-state index is 12.4. The number of hydrogen-bond donors (Lipinski definition) is 0. The van der Waals surface area contributed by atoms with Crippen molar-refractivity contribution in [1.82, 2.24) is 0 Å². The van der Waals surface area contributed by atoms with Crippen molar-refractivity contribution < 1.29 is 30.7 Å². The van der Waals surface area contributed by atoms with Crippen LogP contribution in [0.1, 0.15) is 184 Å². The molecule has 14 heteroatoms. The quantitative estimate of drug-likeness (QED) is 0.0281. The summed E-state index contributed by atoms with van der Waals surface area (Å²) < 4.78 is 21.0. The Kier molecular flexibility index (Phi) is 34.0. The second-order valence-electron chi connectivity index (χ2n) is 23.2. The van der Waals surface area contributed by atoms with Crippen LogP contribution in [0.15, 0.2) is 160 Å². The van der Waals surface area contributed by atoms with Gasteiger partial charge in [-0.2, -0.15) is 18.3 Å². The number of hydrogen-bond acceptors (Lipinski definition) is 13. The van der Waals surface area contributed by atoms with Gasteiger partial charge in [-0.3, -0.25) is 4.79 Å². The molecule has 87 heavy (non-hydrogen) atoms. The smallest absolute Gasteiger partial charge is 0.289 e. The van der Waals surface area contributed by atoms with Gasteiger partial charge < -0.3 is 64.7 Å². The molecule has 0 aliphatic rings. The first-order valence-corrected chi connectivity index (χ1v) is 36.1. The zero-order chi connectivity index (χ0) is 63.0. The molecule has 0 spiro atoms. The van der Waals surface area contributed by atoms with Crippen molar-refractivity contribution in [2.45, 2.75) is 179 Å². The molecule has 0 radical (unpaired) electrons. The molecule has 0 saturated heterocycles. The Morgan fingerprint density at radius 3 is 1.17 bits per heavy atom. The van der Waals surface area contributed by atoms with E-state index in [0.717, 1.165) is 99.8 Å². The van der Waals surface area contributed by atoms with E-state index < -0.39 is 0 Å². The Balaban J connectivity index is 0.000000278. The topological polar surface area (TPSA) is 44.8 Å². The minimum atomic E-state index is 0. The van der Waals surface area contributed by atoms with Crippen molar-refractivity contribution >= 4 is 118 Å². The largest absolute Gasteiger partial charge is 0.780 e. The van der Waals surface area contributed by atoms with E-state index in [2.05, 4.69) is 195 Å². The summed E-state index contributed by atoms with van der Waals surface area (Å²) in [7, 11) is 0. The fourth-order valence-electron chi connectivity index (χ4n) is 8.52. The first-order chi connectivity index (χ1) is 41.0. The summed E-state index contributed by atoms with van der Waals surface area (Å²) in [5.74, 6) is 5.78. The second-order valence-corrected chi connectivity index (χ2v) is 31.0. The van der Waals surface area contributed by atoms with E-state index in [1.54, 1.807) is 35.3 Å². The third-order valence-electron chi connectivity index (χ3n) is 15.0. The van der Waals surface area contributed by atoms with E-state index in [9.17, 15) is 4.79 Å². The summed E-state index contributed by atoms with van der Waals surface area (Å²) in [5, 5.41) is 0. The zero-order valence-corrected chi connectivity index (χ0v) is 61.9.